The number of furan rings is 1. The Morgan fingerprint density at radius 2 is 2.05 bits per heavy atom. The molecule has 0 bridgehead atoms. The van der Waals surface area contributed by atoms with Crippen LogP contribution >= 0.6 is 0 Å². The molecule has 1 aliphatic rings. The standard InChI is InChI=1S/C14H12N2O3/c1-9-6-7-12(19-9)14(18)16-8-13(17)15-10-4-2-3-5-11(10)16/h2-7H,8H2,1H3,(H,15,17). The number of hydrogen-bond acceptors (Lipinski definition) is 3. The van der Waals surface area contributed by atoms with Crippen LogP contribution in [0.4, 0.5) is 11.4 Å². The van der Waals surface area contributed by atoms with E-state index in [0.717, 1.165) is 0 Å². The highest BCUT2D eigenvalue weighted by Gasteiger charge is 2.28. The van der Waals surface area contributed by atoms with E-state index in [0.29, 0.717) is 17.1 Å². The molecule has 1 aromatic heterocycles. The summed E-state index contributed by atoms with van der Waals surface area (Å²) in [6.45, 7) is 1.77. The van der Waals surface area contributed by atoms with E-state index in [1.165, 1.54) is 4.90 Å². The number of amides is 2. The molecule has 0 aliphatic carbocycles. The van der Waals surface area contributed by atoms with Gasteiger partial charge in [0.15, 0.2) is 5.76 Å². The Balaban J connectivity index is 2.01. The highest BCUT2D eigenvalue weighted by molar-refractivity contribution is 6.14. The Bertz CT molecular complexity index is 660. The first-order valence-electron chi connectivity index (χ1n) is 5.92. The fourth-order valence-corrected chi connectivity index (χ4v) is 2.10. The number of para-hydroxylation sites is 2. The molecule has 5 heteroatoms. The summed E-state index contributed by atoms with van der Waals surface area (Å²) in [5.74, 6) is 0.380. The van der Waals surface area contributed by atoms with Gasteiger partial charge in [-0.25, -0.2) is 0 Å². The third kappa shape index (κ3) is 1.99. The Hall–Kier alpha value is -2.56. The Morgan fingerprint density at radius 3 is 2.79 bits per heavy atom. The molecule has 1 aliphatic heterocycles. The molecule has 0 radical (unpaired) electrons. The van der Waals surface area contributed by atoms with Gasteiger partial charge in [-0.3, -0.25) is 14.5 Å². The van der Waals surface area contributed by atoms with Crippen LogP contribution in [-0.2, 0) is 4.79 Å². The topological polar surface area (TPSA) is 62.6 Å². The number of fused-ring (bicyclic) bond motifs is 1. The molecule has 19 heavy (non-hydrogen) atoms. The second-order valence-corrected chi connectivity index (χ2v) is 4.37. The second kappa shape index (κ2) is 4.28. The van der Waals surface area contributed by atoms with Crippen molar-refractivity contribution in [3.05, 3.63) is 47.9 Å². The first kappa shape index (κ1) is 11.5. The minimum atomic E-state index is -0.310. The fourth-order valence-electron chi connectivity index (χ4n) is 2.10. The molecule has 0 fully saturated rings. The van der Waals surface area contributed by atoms with Gasteiger partial charge in [0.05, 0.1) is 11.4 Å². The minimum absolute atomic E-state index is 0.00437. The molecule has 3 rings (SSSR count). The van der Waals surface area contributed by atoms with Gasteiger partial charge in [0.25, 0.3) is 5.91 Å². The Labute approximate surface area is 109 Å². The number of nitrogens with one attached hydrogen (secondary N) is 1. The van der Waals surface area contributed by atoms with E-state index in [1.54, 1.807) is 31.2 Å². The van der Waals surface area contributed by atoms with E-state index < -0.39 is 0 Å². The number of anilines is 2. The van der Waals surface area contributed by atoms with E-state index in [-0.39, 0.29) is 24.1 Å². The number of rotatable bonds is 1. The molecule has 0 saturated heterocycles. The van der Waals surface area contributed by atoms with E-state index in [2.05, 4.69) is 5.32 Å². The number of carbonyl (C=O) groups is 2. The number of aryl methyl sites for hydroxylation is 1. The first-order chi connectivity index (χ1) is 9.15. The zero-order valence-corrected chi connectivity index (χ0v) is 10.3. The lowest BCUT2D eigenvalue weighted by molar-refractivity contribution is -0.115. The van der Waals surface area contributed by atoms with Gasteiger partial charge in [0, 0.05) is 0 Å². The van der Waals surface area contributed by atoms with Crippen LogP contribution in [0.15, 0.2) is 40.8 Å². The molecule has 1 aromatic carbocycles. The van der Waals surface area contributed by atoms with Crippen LogP contribution in [0.3, 0.4) is 0 Å². The van der Waals surface area contributed by atoms with Crippen molar-refractivity contribution in [1.82, 2.24) is 0 Å². The maximum Gasteiger partial charge on any atom is 0.294 e. The number of hydrogen-bond donors (Lipinski definition) is 1. The summed E-state index contributed by atoms with van der Waals surface area (Å²) < 4.78 is 5.33. The lowest BCUT2D eigenvalue weighted by Gasteiger charge is -2.28. The molecule has 0 atom stereocenters. The zero-order chi connectivity index (χ0) is 13.4. The van der Waals surface area contributed by atoms with Gasteiger partial charge in [0.1, 0.15) is 12.3 Å². The third-order valence-electron chi connectivity index (χ3n) is 2.97. The maximum absolute atomic E-state index is 12.4. The maximum atomic E-state index is 12.4. The van der Waals surface area contributed by atoms with Crippen LogP contribution in [0, 0.1) is 6.92 Å². The van der Waals surface area contributed by atoms with E-state index >= 15 is 0 Å². The highest BCUT2D eigenvalue weighted by Crippen LogP contribution is 2.30. The number of nitrogens with zero attached hydrogens (tertiary/aromatic N) is 1. The van der Waals surface area contributed by atoms with Crippen molar-refractivity contribution < 1.29 is 14.0 Å². The number of carbonyl (C=O) groups excluding carboxylic acids is 2. The zero-order valence-electron chi connectivity index (χ0n) is 10.3. The van der Waals surface area contributed by atoms with Crippen molar-refractivity contribution in [1.29, 1.82) is 0 Å². The third-order valence-corrected chi connectivity index (χ3v) is 2.97. The largest absolute Gasteiger partial charge is 0.456 e. The summed E-state index contributed by atoms with van der Waals surface area (Å²) in [6.07, 6.45) is 0. The van der Waals surface area contributed by atoms with Crippen LogP contribution in [0.5, 0.6) is 0 Å². The molecule has 2 aromatic rings. The monoisotopic (exact) mass is 256 g/mol. The summed E-state index contributed by atoms with van der Waals surface area (Å²) in [5.41, 5.74) is 1.32. The lowest BCUT2D eigenvalue weighted by atomic mass is 10.2. The Morgan fingerprint density at radius 1 is 1.26 bits per heavy atom. The van der Waals surface area contributed by atoms with Gasteiger partial charge in [-0.15, -0.1) is 0 Å². The number of benzene rings is 1. The van der Waals surface area contributed by atoms with Gasteiger partial charge in [-0.2, -0.15) is 0 Å². The molecule has 0 spiro atoms. The molecule has 0 unspecified atom stereocenters. The SMILES string of the molecule is Cc1ccc(C(=O)N2CC(=O)Nc3ccccc32)o1. The summed E-state index contributed by atoms with van der Waals surface area (Å²) in [5, 5.41) is 2.74. The molecular formula is C14H12N2O3. The molecular weight excluding hydrogens is 244 g/mol. The van der Waals surface area contributed by atoms with Crippen molar-refractivity contribution in [3.8, 4) is 0 Å². The van der Waals surface area contributed by atoms with Crippen LogP contribution in [-0.4, -0.2) is 18.4 Å². The van der Waals surface area contributed by atoms with Crippen molar-refractivity contribution in [2.45, 2.75) is 6.92 Å². The molecule has 2 heterocycles. The summed E-state index contributed by atoms with van der Waals surface area (Å²) in [7, 11) is 0. The first-order valence-corrected chi connectivity index (χ1v) is 5.92. The van der Waals surface area contributed by atoms with Crippen LogP contribution in [0.1, 0.15) is 16.3 Å². The average Bonchev–Trinajstić information content (AvgIpc) is 2.83. The summed E-state index contributed by atoms with van der Waals surface area (Å²) in [6, 6.07) is 10.5. The van der Waals surface area contributed by atoms with Crippen LogP contribution < -0.4 is 10.2 Å². The normalized spacial score (nSPS) is 13.9. The molecule has 5 nitrogen and oxygen atoms in total. The van der Waals surface area contributed by atoms with Crippen LogP contribution in [0.25, 0.3) is 0 Å². The van der Waals surface area contributed by atoms with E-state index in [4.69, 9.17) is 4.42 Å². The fraction of sp³-hybridized carbons (Fsp3) is 0.143. The van der Waals surface area contributed by atoms with Gasteiger partial charge in [-0.1, -0.05) is 12.1 Å². The Kier molecular flexibility index (Phi) is 2.59. The predicted octanol–water partition coefficient (Wildman–Crippen LogP) is 2.19. The molecule has 0 saturated carbocycles. The smallest absolute Gasteiger partial charge is 0.294 e. The van der Waals surface area contributed by atoms with Crippen molar-refractivity contribution in [2.75, 3.05) is 16.8 Å². The lowest BCUT2D eigenvalue weighted by Crippen LogP contribution is -2.42. The quantitative estimate of drug-likeness (QED) is 0.850. The average molecular weight is 256 g/mol. The molecule has 2 amide bonds. The summed E-state index contributed by atoms with van der Waals surface area (Å²) >= 11 is 0. The van der Waals surface area contributed by atoms with Gasteiger partial charge in [-0.05, 0) is 31.2 Å². The summed E-state index contributed by atoms with van der Waals surface area (Å²) in [4.78, 5) is 25.4. The van der Waals surface area contributed by atoms with Crippen molar-refractivity contribution >= 4 is 23.2 Å². The van der Waals surface area contributed by atoms with Gasteiger partial charge >= 0.3 is 0 Å². The highest BCUT2D eigenvalue weighted by atomic mass is 16.3. The van der Waals surface area contributed by atoms with Crippen molar-refractivity contribution in [2.24, 2.45) is 0 Å². The minimum Gasteiger partial charge on any atom is -0.456 e. The van der Waals surface area contributed by atoms with Gasteiger partial charge < -0.3 is 9.73 Å². The van der Waals surface area contributed by atoms with Crippen LogP contribution in [0.2, 0.25) is 0 Å². The predicted molar refractivity (Wildman–Crippen MR) is 70.2 cm³/mol. The van der Waals surface area contributed by atoms with Gasteiger partial charge in [0.2, 0.25) is 5.91 Å². The van der Waals surface area contributed by atoms with E-state index in [1.807, 2.05) is 12.1 Å². The molecule has 1 N–H and O–H groups in total. The molecule has 96 valence electrons. The van der Waals surface area contributed by atoms with Crippen molar-refractivity contribution in [3.63, 3.8) is 0 Å². The second-order valence-electron chi connectivity index (χ2n) is 4.37. The van der Waals surface area contributed by atoms with E-state index in [9.17, 15) is 9.59 Å².